The van der Waals surface area contributed by atoms with Gasteiger partial charge in [0.1, 0.15) is 0 Å². The molecule has 0 unspecified atom stereocenters. The number of hydrogen-bond donors (Lipinski definition) is 1. The van der Waals surface area contributed by atoms with Crippen molar-refractivity contribution in [3.63, 3.8) is 0 Å². The van der Waals surface area contributed by atoms with E-state index in [1.54, 1.807) is 21.6 Å². The summed E-state index contributed by atoms with van der Waals surface area (Å²) in [5.74, 6) is -0.263. The van der Waals surface area contributed by atoms with Crippen molar-refractivity contribution in [2.75, 3.05) is 11.9 Å². The zero-order chi connectivity index (χ0) is 20.5. The van der Waals surface area contributed by atoms with Crippen molar-refractivity contribution in [3.05, 3.63) is 102 Å². The van der Waals surface area contributed by atoms with Crippen LogP contribution in [0.1, 0.15) is 32.2 Å². The van der Waals surface area contributed by atoms with Crippen molar-refractivity contribution < 1.29 is 9.59 Å². The predicted molar refractivity (Wildman–Crippen MR) is 114 cm³/mol. The maximum atomic E-state index is 13.3. The highest BCUT2D eigenvalue weighted by Crippen LogP contribution is 2.22. The minimum Gasteiger partial charge on any atom is -0.331 e. The summed E-state index contributed by atoms with van der Waals surface area (Å²) in [7, 11) is 0. The van der Waals surface area contributed by atoms with Gasteiger partial charge in [-0.2, -0.15) is 0 Å². The molecule has 4 aromatic rings. The molecule has 0 aliphatic carbocycles. The van der Waals surface area contributed by atoms with E-state index >= 15 is 0 Å². The number of amides is 2. The summed E-state index contributed by atoms with van der Waals surface area (Å²) < 4.78 is 1.70. The molecule has 6 heteroatoms. The van der Waals surface area contributed by atoms with Crippen LogP contribution in [0.3, 0.4) is 0 Å². The average molecular weight is 396 g/mol. The Kier molecular flexibility index (Phi) is 4.52. The Bertz CT molecular complexity index is 1250. The van der Waals surface area contributed by atoms with Gasteiger partial charge in [0.25, 0.3) is 11.8 Å². The number of hydrogen-bond acceptors (Lipinski definition) is 3. The van der Waals surface area contributed by atoms with Crippen LogP contribution in [0.4, 0.5) is 5.69 Å². The number of rotatable bonds is 3. The summed E-state index contributed by atoms with van der Waals surface area (Å²) in [5, 5.41) is 2.86. The van der Waals surface area contributed by atoms with Crippen molar-refractivity contribution in [1.82, 2.24) is 14.3 Å². The minimum atomic E-state index is -0.340. The van der Waals surface area contributed by atoms with Gasteiger partial charge >= 0.3 is 0 Å². The van der Waals surface area contributed by atoms with Gasteiger partial charge < -0.3 is 10.2 Å². The largest absolute Gasteiger partial charge is 0.331 e. The number of nitrogens with zero attached hydrogens (tertiary/aromatic N) is 3. The van der Waals surface area contributed by atoms with E-state index in [2.05, 4.69) is 22.4 Å². The third-order valence-electron chi connectivity index (χ3n) is 5.40. The number of carbonyl (C=O) groups excluding carboxylic acids is 2. The van der Waals surface area contributed by atoms with Crippen LogP contribution >= 0.6 is 0 Å². The van der Waals surface area contributed by atoms with Crippen LogP contribution in [-0.4, -0.2) is 32.6 Å². The van der Waals surface area contributed by atoms with Crippen LogP contribution in [0.15, 0.2) is 79.0 Å². The van der Waals surface area contributed by atoms with Gasteiger partial charge in [-0.1, -0.05) is 48.5 Å². The van der Waals surface area contributed by atoms with Crippen molar-refractivity contribution >= 4 is 23.0 Å². The number of imidazole rings is 1. The van der Waals surface area contributed by atoms with E-state index in [0.717, 1.165) is 12.0 Å². The molecule has 0 spiro atoms. The van der Waals surface area contributed by atoms with Crippen LogP contribution in [0.5, 0.6) is 0 Å². The number of carbonyl (C=O) groups is 2. The summed E-state index contributed by atoms with van der Waals surface area (Å²) in [4.78, 5) is 32.5. The highest BCUT2D eigenvalue weighted by atomic mass is 16.2. The summed E-state index contributed by atoms with van der Waals surface area (Å²) in [6.07, 6.45) is 2.58. The van der Waals surface area contributed by atoms with E-state index in [4.69, 9.17) is 0 Å². The standard InChI is InChI=1S/C24H20N4O2/c29-23(25-19-10-2-1-3-11-19)21-20-12-6-7-14-28(20)22(26-21)24(30)27-15-13-17-8-4-5-9-18(17)16-27/h1-12,14H,13,15-16H2,(H,25,29). The number of pyridine rings is 1. The monoisotopic (exact) mass is 396 g/mol. The molecule has 5 rings (SSSR count). The number of nitrogens with one attached hydrogen (secondary N) is 1. The molecule has 1 aliphatic heterocycles. The van der Waals surface area contributed by atoms with Gasteiger partial charge in [-0.15, -0.1) is 0 Å². The van der Waals surface area contributed by atoms with Gasteiger partial charge in [0.2, 0.25) is 5.82 Å². The van der Waals surface area contributed by atoms with E-state index in [1.807, 2.05) is 54.6 Å². The first-order chi connectivity index (χ1) is 14.7. The van der Waals surface area contributed by atoms with Crippen LogP contribution in [0.2, 0.25) is 0 Å². The highest BCUT2D eigenvalue weighted by Gasteiger charge is 2.27. The molecule has 30 heavy (non-hydrogen) atoms. The van der Waals surface area contributed by atoms with E-state index in [0.29, 0.717) is 24.3 Å². The smallest absolute Gasteiger partial charge is 0.290 e. The molecule has 0 saturated heterocycles. The second-order valence-corrected chi connectivity index (χ2v) is 7.31. The normalized spacial score (nSPS) is 13.1. The quantitative estimate of drug-likeness (QED) is 0.573. The summed E-state index contributed by atoms with van der Waals surface area (Å²) >= 11 is 0. The Balaban J connectivity index is 1.48. The lowest BCUT2D eigenvalue weighted by Crippen LogP contribution is -2.37. The van der Waals surface area contributed by atoms with Gasteiger partial charge in [-0.05, 0) is 41.8 Å². The SMILES string of the molecule is O=C(Nc1ccccc1)c1nc(C(=O)N2CCc3ccccc3C2)n2ccccc12. The molecule has 1 aliphatic rings. The second-order valence-electron chi connectivity index (χ2n) is 7.31. The van der Waals surface area contributed by atoms with Crippen molar-refractivity contribution in [2.45, 2.75) is 13.0 Å². The van der Waals surface area contributed by atoms with Crippen molar-refractivity contribution in [1.29, 1.82) is 0 Å². The third kappa shape index (κ3) is 3.22. The molecule has 1 N–H and O–H groups in total. The summed E-state index contributed by atoms with van der Waals surface area (Å²) in [6.45, 7) is 1.17. The number of fused-ring (bicyclic) bond motifs is 2. The Morgan fingerprint density at radius 1 is 0.867 bits per heavy atom. The first kappa shape index (κ1) is 18.1. The van der Waals surface area contributed by atoms with E-state index in [-0.39, 0.29) is 23.3 Å². The first-order valence-corrected chi connectivity index (χ1v) is 9.90. The minimum absolute atomic E-state index is 0.176. The summed E-state index contributed by atoms with van der Waals surface area (Å²) in [5.41, 5.74) is 3.95. The third-order valence-corrected chi connectivity index (χ3v) is 5.40. The van der Waals surface area contributed by atoms with Crippen molar-refractivity contribution in [2.24, 2.45) is 0 Å². The van der Waals surface area contributed by atoms with Crippen LogP contribution in [0.25, 0.3) is 5.52 Å². The molecule has 0 radical (unpaired) electrons. The fourth-order valence-electron chi connectivity index (χ4n) is 3.88. The van der Waals surface area contributed by atoms with Gasteiger partial charge in [0.05, 0.1) is 5.52 Å². The Morgan fingerprint density at radius 3 is 2.43 bits per heavy atom. The molecule has 0 fully saturated rings. The maximum absolute atomic E-state index is 13.3. The van der Waals surface area contributed by atoms with E-state index < -0.39 is 0 Å². The molecular weight excluding hydrogens is 376 g/mol. The number of para-hydroxylation sites is 1. The average Bonchev–Trinajstić information content (AvgIpc) is 3.19. The highest BCUT2D eigenvalue weighted by molar-refractivity contribution is 6.08. The molecular formula is C24H20N4O2. The molecule has 2 aromatic heterocycles. The maximum Gasteiger partial charge on any atom is 0.290 e. The topological polar surface area (TPSA) is 66.7 Å². The molecule has 3 heterocycles. The lowest BCUT2D eigenvalue weighted by Gasteiger charge is -2.28. The van der Waals surface area contributed by atoms with E-state index in [1.165, 1.54) is 5.56 Å². The van der Waals surface area contributed by atoms with Gasteiger partial charge in [0, 0.05) is 25.0 Å². The molecule has 148 valence electrons. The molecule has 0 atom stereocenters. The zero-order valence-electron chi connectivity index (χ0n) is 16.3. The molecule has 0 bridgehead atoms. The Labute approximate surface area is 173 Å². The zero-order valence-corrected chi connectivity index (χ0v) is 16.3. The van der Waals surface area contributed by atoms with Gasteiger partial charge in [0.15, 0.2) is 5.69 Å². The second kappa shape index (κ2) is 7.48. The number of benzene rings is 2. The van der Waals surface area contributed by atoms with E-state index in [9.17, 15) is 9.59 Å². The Hall–Kier alpha value is -3.93. The predicted octanol–water partition coefficient (Wildman–Crippen LogP) is 3.79. The lowest BCUT2D eigenvalue weighted by atomic mass is 10.00. The fourth-order valence-corrected chi connectivity index (χ4v) is 3.88. The lowest BCUT2D eigenvalue weighted by molar-refractivity contribution is 0.0721. The Morgan fingerprint density at radius 2 is 1.60 bits per heavy atom. The van der Waals surface area contributed by atoms with Crippen molar-refractivity contribution in [3.8, 4) is 0 Å². The fraction of sp³-hybridized carbons (Fsp3) is 0.125. The number of aromatic nitrogens is 2. The van der Waals surface area contributed by atoms with Crippen LogP contribution in [0, 0.1) is 0 Å². The van der Waals surface area contributed by atoms with Gasteiger partial charge in [-0.25, -0.2) is 4.98 Å². The number of anilines is 1. The molecule has 2 amide bonds. The molecule has 6 nitrogen and oxygen atoms in total. The van der Waals surface area contributed by atoms with Crippen LogP contribution in [-0.2, 0) is 13.0 Å². The summed E-state index contributed by atoms with van der Waals surface area (Å²) in [6, 6.07) is 22.8. The molecule has 0 saturated carbocycles. The molecule has 2 aromatic carbocycles. The first-order valence-electron chi connectivity index (χ1n) is 9.90. The van der Waals surface area contributed by atoms with Gasteiger partial charge in [-0.3, -0.25) is 14.0 Å². The van der Waals surface area contributed by atoms with Crippen LogP contribution < -0.4 is 5.32 Å².